The molecule has 20 heavy (non-hydrogen) atoms. The summed E-state index contributed by atoms with van der Waals surface area (Å²) in [6.07, 6.45) is 0.755. The molecule has 116 valence electrons. The van der Waals surface area contributed by atoms with Gasteiger partial charge in [-0.05, 0) is 46.0 Å². The van der Waals surface area contributed by atoms with E-state index < -0.39 is 5.60 Å². The number of hydrogen-bond donors (Lipinski definition) is 1. The van der Waals surface area contributed by atoms with Crippen LogP contribution in [0.25, 0.3) is 0 Å². The Bertz CT molecular complexity index is 360. The number of amides is 1. The molecule has 0 spiro atoms. The first-order valence-corrected chi connectivity index (χ1v) is 7.51. The summed E-state index contributed by atoms with van der Waals surface area (Å²) in [6.45, 7) is 17.7. The van der Waals surface area contributed by atoms with Gasteiger partial charge in [-0.1, -0.05) is 26.0 Å². The summed E-state index contributed by atoms with van der Waals surface area (Å²) >= 11 is 0. The lowest BCUT2D eigenvalue weighted by Gasteiger charge is -2.33. The van der Waals surface area contributed by atoms with Gasteiger partial charge in [0.05, 0.1) is 6.17 Å². The van der Waals surface area contributed by atoms with E-state index in [-0.39, 0.29) is 12.3 Å². The Morgan fingerprint density at radius 3 is 2.50 bits per heavy atom. The third-order valence-electron chi connectivity index (χ3n) is 3.68. The second-order valence-corrected chi connectivity index (χ2v) is 7.09. The van der Waals surface area contributed by atoms with Crippen molar-refractivity contribution in [1.29, 1.82) is 0 Å². The molecule has 1 amide bonds. The molecule has 0 bridgehead atoms. The van der Waals surface area contributed by atoms with Crippen molar-refractivity contribution in [2.45, 2.75) is 59.7 Å². The molecular weight excluding hydrogens is 252 g/mol. The summed E-state index contributed by atoms with van der Waals surface area (Å²) in [7, 11) is 0. The molecule has 0 aromatic carbocycles. The number of ether oxygens (including phenoxy) is 1. The minimum atomic E-state index is -0.463. The maximum absolute atomic E-state index is 12.4. The Labute approximate surface area is 123 Å². The van der Waals surface area contributed by atoms with Gasteiger partial charge in [-0.2, -0.15) is 0 Å². The molecule has 0 aromatic heterocycles. The zero-order valence-corrected chi connectivity index (χ0v) is 13.8. The van der Waals surface area contributed by atoms with Gasteiger partial charge in [-0.25, -0.2) is 4.79 Å². The predicted octanol–water partition coefficient (Wildman–Crippen LogP) is 3.39. The van der Waals surface area contributed by atoms with Crippen molar-refractivity contribution in [2.75, 3.05) is 13.1 Å². The van der Waals surface area contributed by atoms with Crippen LogP contribution in [0.15, 0.2) is 12.2 Å². The molecule has 1 N–H and O–H groups in total. The van der Waals surface area contributed by atoms with Gasteiger partial charge in [0.15, 0.2) is 0 Å². The van der Waals surface area contributed by atoms with Crippen LogP contribution in [0.1, 0.15) is 48.0 Å². The van der Waals surface area contributed by atoms with Crippen LogP contribution in [0.5, 0.6) is 0 Å². The van der Waals surface area contributed by atoms with E-state index in [2.05, 4.69) is 25.7 Å². The Morgan fingerprint density at radius 1 is 1.35 bits per heavy atom. The van der Waals surface area contributed by atoms with Gasteiger partial charge < -0.3 is 4.74 Å². The van der Waals surface area contributed by atoms with Crippen LogP contribution in [0.3, 0.4) is 0 Å². The summed E-state index contributed by atoms with van der Waals surface area (Å²) in [5.41, 5.74) is 0.741. The molecule has 0 saturated carbocycles. The topological polar surface area (TPSA) is 41.6 Å². The zero-order valence-electron chi connectivity index (χ0n) is 13.8. The normalized spacial score (nSPS) is 29.4. The molecule has 1 aliphatic heterocycles. The second kappa shape index (κ2) is 6.61. The minimum absolute atomic E-state index is 0.0469. The molecule has 0 aromatic rings. The van der Waals surface area contributed by atoms with E-state index in [0.717, 1.165) is 13.0 Å². The van der Waals surface area contributed by atoms with Crippen molar-refractivity contribution < 1.29 is 9.53 Å². The summed E-state index contributed by atoms with van der Waals surface area (Å²) in [5, 5.41) is 3.37. The van der Waals surface area contributed by atoms with Gasteiger partial charge in [-0.3, -0.25) is 10.2 Å². The van der Waals surface area contributed by atoms with E-state index in [9.17, 15) is 4.79 Å². The summed E-state index contributed by atoms with van der Waals surface area (Å²) in [5.74, 6) is 0.903. The van der Waals surface area contributed by atoms with Gasteiger partial charge in [0.25, 0.3) is 0 Å². The van der Waals surface area contributed by atoms with Crippen molar-refractivity contribution in [3.8, 4) is 0 Å². The molecule has 4 heteroatoms. The lowest BCUT2D eigenvalue weighted by atomic mass is 9.92. The quantitative estimate of drug-likeness (QED) is 0.692. The molecule has 1 heterocycles. The van der Waals surface area contributed by atoms with Crippen molar-refractivity contribution in [1.82, 2.24) is 10.2 Å². The molecule has 3 atom stereocenters. The molecule has 3 unspecified atom stereocenters. The lowest BCUT2D eigenvalue weighted by molar-refractivity contribution is 0.0115. The maximum Gasteiger partial charge on any atom is 0.411 e. The third-order valence-corrected chi connectivity index (χ3v) is 3.68. The fourth-order valence-corrected chi connectivity index (χ4v) is 2.46. The monoisotopic (exact) mass is 282 g/mol. The Morgan fingerprint density at radius 2 is 1.95 bits per heavy atom. The third kappa shape index (κ3) is 5.16. The van der Waals surface area contributed by atoms with Crippen molar-refractivity contribution in [3.63, 3.8) is 0 Å². The van der Waals surface area contributed by atoms with Crippen LogP contribution >= 0.6 is 0 Å². The van der Waals surface area contributed by atoms with Gasteiger partial charge >= 0.3 is 6.09 Å². The number of carbonyl (C=O) groups is 1. The number of rotatable bonds is 0. The highest BCUT2D eigenvalue weighted by molar-refractivity contribution is 5.68. The molecule has 0 radical (unpaired) electrons. The molecule has 4 nitrogen and oxygen atoms in total. The fourth-order valence-electron chi connectivity index (χ4n) is 2.46. The van der Waals surface area contributed by atoms with Gasteiger partial charge in [0.2, 0.25) is 0 Å². The number of nitrogens with one attached hydrogen (secondary N) is 1. The Kier molecular flexibility index (Phi) is 5.63. The molecule has 1 aliphatic rings. The fraction of sp³-hybridized carbons (Fsp3) is 0.812. The van der Waals surface area contributed by atoms with Gasteiger partial charge in [0, 0.05) is 13.1 Å². The van der Waals surface area contributed by atoms with E-state index in [1.165, 1.54) is 5.57 Å². The first-order valence-electron chi connectivity index (χ1n) is 7.51. The lowest BCUT2D eigenvalue weighted by Crippen LogP contribution is -2.50. The average molecular weight is 282 g/mol. The highest BCUT2D eigenvalue weighted by Gasteiger charge is 2.29. The van der Waals surface area contributed by atoms with E-state index in [4.69, 9.17) is 4.74 Å². The minimum Gasteiger partial charge on any atom is -0.444 e. The van der Waals surface area contributed by atoms with Crippen LogP contribution in [-0.4, -0.2) is 35.8 Å². The Balaban J connectivity index is 2.82. The molecular formula is C16H30N2O2. The van der Waals surface area contributed by atoms with Crippen LogP contribution in [0, 0.1) is 11.8 Å². The first-order chi connectivity index (χ1) is 9.10. The van der Waals surface area contributed by atoms with E-state index in [1.54, 1.807) is 4.90 Å². The molecule has 1 saturated heterocycles. The van der Waals surface area contributed by atoms with Crippen LogP contribution in [-0.2, 0) is 4.74 Å². The number of hydrogen-bond acceptors (Lipinski definition) is 3. The largest absolute Gasteiger partial charge is 0.444 e. The summed E-state index contributed by atoms with van der Waals surface area (Å²) < 4.78 is 5.51. The van der Waals surface area contributed by atoms with Gasteiger partial charge in [0.1, 0.15) is 5.60 Å². The molecule has 0 aliphatic carbocycles. The standard InChI is InChI=1S/C16H30N2O2/c1-11-8-12(2)13(3)9-17-14(4)18(10-11)15(19)20-16(5,6)7/h11-12,14,17H,3,8-10H2,1-2,4-7H3. The zero-order chi connectivity index (χ0) is 15.5. The smallest absolute Gasteiger partial charge is 0.411 e. The highest BCUT2D eigenvalue weighted by atomic mass is 16.6. The summed E-state index contributed by atoms with van der Waals surface area (Å²) in [4.78, 5) is 14.1. The molecule has 1 fully saturated rings. The molecule has 1 rings (SSSR count). The van der Waals surface area contributed by atoms with Crippen LogP contribution in [0.4, 0.5) is 4.79 Å². The number of nitrogens with zero attached hydrogens (tertiary/aromatic N) is 1. The predicted molar refractivity (Wildman–Crippen MR) is 82.5 cm³/mol. The average Bonchev–Trinajstić information content (AvgIpc) is 2.33. The van der Waals surface area contributed by atoms with Crippen molar-refractivity contribution in [2.24, 2.45) is 11.8 Å². The van der Waals surface area contributed by atoms with Crippen molar-refractivity contribution >= 4 is 6.09 Å². The second-order valence-electron chi connectivity index (χ2n) is 7.09. The highest BCUT2D eigenvalue weighted by Crippen LogP contribution is 2.22. The number of carbonyl (C=O) groups excluding carboxylic acids is 1. The SMILES string of the molecule is C=C1CNC(C)N(C(=O)OC(C)(C)C)CC(C)CC1C. The van der Waals surface area contributed by atoms with E-state index in [1.807, 2.05) is 27.7 Å². The van der Waals surface area contributed by atoms with Gasteiger partial charge in [-0.15, -0.1) is 0 Å². The first kappa shape index (κ1) is 17.0. The maximum atomic E-state index is 12.4. The Hall–Kier alpha value is -1.03. The van der Waals surface area contributed by atoms with E-state index >= 15 is 0 Å². The van der Waals surface area contributed by atoms with Crippen molar-refractivity contribution in [3.05, 3.63) is 12.2 Å². The summed E-state index contributed by atoms with van der Waals surface area (Å²) in [6, 6.07) is 0. The van der Waals surface area contributed by atoms with E-state index in [0.29, 0.717) is 18.4 Å². The van der Waals surface area contributed by atoms with Crippen LogP contribution in [0.2, 0.25) is 0 Å². The van der Waals surface area contributed by atoms with Crippen LogP contribution < -0.4 is 5.32 Å².